The van der Waals surface area contributed by atoms with Gasteiger partial charge in [-0.2, -0.15) is 0 Å². The summed E-state index contributed by atoms with van der Waals surface area (Å²) in [5.41, 5.74) is 2.02. The SMILES string of the molecule is COc1cc(C(C)(C)C)cc(OC)c1C1=C[C@H]2CC[C@]1(C(=O)Cl)C2(C)C. The van der Waals surface area contributed by atoms with Crippen molar-refractivity contribution in [3.63, 3.8) is 0 Å². The maximum Gasteiger partial charge on any atom is 0.232 e. The summed E-state index contributed by atoms with van der Waals surface area (Å²) in [6.45, 7) is 10.8. The minimum atomic E-state index is -0.691. The van der Waals surface area contributed by atoms with Crippen LogP contribution in [0, 0.1) is 16.7 Å². The van der Waals surface area contributed by atoms with Crippen LogP contribution in [0.25, 0.3) is 5.57 Å². The van der Waals surface area contributed by atoms with E-state index in [1.54, 1.807) is 14.2 Å². The van der Waals surface area contributed by atoms with Crippen molar-refractivity contribution < 1.29 is 14.3 Å². The van der Waals surface area contributed by atoms with E-state index in [0.717, 1.165) is 41.0 Å². The van der Waals surface area contributed by atoms with Gasteiger partial charge in [0.2, 0.25) is 5.24 Å². The first-order valence-corrected chi connectivity index (χ1v) is 9.57. The summed E-state index contributed by atoms with van der Waals surface area (Å²) in [7, 11) is 3.33. The summed E-state index contributed by atoms with van der Waals surface area (Å²) in [4.78, 5) is 12.7. The molecular weight excluding hydrogens is 348 g/mol. The third-order valence-corrected chi connectivity index (χ3v) is 6.98. The Labute approximate surface area is 161 Å². The molecule has 0 unspecified atom stereocenters. The highest BCUT2D eigenvalue weighted by Gasteiger charge is 2.64. The van der Waals surface area contributed by atoms with Crippen LogP contribution in [0.1, 0.15) is 58.6 Å². The van der Waals surface area contributed by atoms with E-state index in [1.807, 2.05) is 0 Å². The fraction of sp³-hybridized carbons (Fsp3) is 0.591. The molecule has 2 aliphatic rings. The Bertz CT molecular complexity index is 760. The van der Waals surface area contributed by atoms with Crippen LogP contribution in [0.3, 0.4) is 0 Å². The predicted molar refractivity (Wildman–Crippen MR) is 106 cm³/mol. The van der Waals surface area contributed by atoms with Crippen molar-refractivity contribution in [2.75, 3.05) is 14.2 Å². The van der Waals surface area contributed by atoms with Crippen LogP contribution < -0.4 is 9.47 Å². The van der Waals surface area contributed by atoms with E-state index >= 15 is 0 Å². The largest absolute Gasteiger partial charge is 0.496 e. The zero-order chi connectivity index (χ0) is 19.5. The molecule has 2 atom stereocenters. The molecule has 0 amide bonds. The first-order chi connectivity index (χ1) is 12.0. The molecule has 0 saturated heterocycles. The van der Waals surface area contributed by atoms with Crippen molar-refractivity contribution in [1.29, 1.82) is 0 Å². The van der Waals surface area contributed by atoms with Crippen LogP contribution in [0.4, 0.5) is 0 Å². The highest BCUT2D eigenvalue weighted by atomic mass is 35.5. The lowest BCUT2D eigenvalue weighted by Crippen LogP contribution is -2.38. The second kappa shape index (κ2) is 6.02. The molecule has 3 rings (SSSR count). The number of hydrogen-bond acceptors (Lipinski definition) is 3. The number of methoxy groups -OCH3 is 2. The zero-order valence-electron chi connectivity index (χ0n) is 16.8. The number of allylic oxidation sites excluding steroid dienone is 2. The van der Waals surface area contributed by atoms with Gasteiger partial charge >= 0.3 is 0 Å². The number of carbonyl (C=O) groups is 1. The molecule has 0 radical (unpaired) electrons. The Kier molecular flexibility index (Phi) is 4.46. The van der Waals surface area contributed by atoms with Crippen molar-refractivity contribution in [2.45, 2.75) is 52.9 Å². The normalized spacial score (nSPS) is 26.6. The predicted octanol–water partition coefficient (Wildman–Crippen LogP) is 5.59. The molecule has 0 aliphatic heterocycles. The van der Waals surface area contributed by atoms with Gasteiger partial charge in [0.15, 0.2) is 0 Å². The van der Waals surface area contributed by atoms with Crippen LogP contribution in [0.2, 0.25) is 0 Å². The highest BCUT2D eigenvalue weighted by Crippen LogP contribution is 2.70. The lowest BCUT2D eigenvalue weighted by molar-refractivity contribution is -0.121. The summed E-state index contributed by atoms with van der Waals surface area (Å²) in [5, 5.41) is -0.280. The molecule has 1 fully saturated rings. The van der Waals surface area contributed by atoms with E-state index in [0.29, 0.717) is 5.92 Å². The summed E-state index contributed by atoms with van der Waals surface area (Å²) in [5.74, 6) is 1.80. The first-order valence-electron chi connectivity index (χ1n) is 9.20. The van der Waals surface area contributed by atoms with E-state index in [9.17, 15) is 4.79 Å². The van der Waals surface area contributed by atoms with E-state index in [1.165, 1.54) is 0 Å². The molecule has 1 aromatic carbocycles. The summed E-state index contributed by atoms with van der Waals surface area (Å²) >= 11 is 6.23. The maximum atomic E-state index is 12.7. The van der Waals surface area contributed by atoms with E-state index in [-0.39, 0.29) is 16.1 Å². The number of carbonyl (C=O) groups excluding carboxylic acids is 1. The van der Waals surface area contributed by atoms with Gasteiger partial charge in [0, 0.05) is 0 Å². The van der Waals surface area contributed by atoms with Crippen LogP contribution in [0.15, 0.2) is 18.2 Å². The molecule has 142 valence electrons. The maximum absolute atomic E-state index is 12.7. The van der Waals surface area contributed by atoms with Gasteiger partial charge in [0.05, 0.1) is 25.2 Å². The van der Waals surface area contributed by atoms with Gasteiger partial charge in [-0.05, 0) is 64.5 Å². The fourth-order valence-corrected chi connectivity index (χ4v) is 5.29. The van der Waals surface area contributed by atoms with Crippen molar-refractivity contribution in [3.05, 3.63) is 29.3 Å². The number of halogens is 1. The van der Waals surface area contributed by atoms with Gasteiger partial charge in [0.25, 0.3) is 0 Å². The smallest absolute Gasteiger partial charge is 0.232 e. The molecule has 1 saturated carbocycles. The second-order valence-electron chi connectivity index (χ2n) is 9.13. The first kappa shape index (κ1) is 19.3. The van der Waals surface area contributed by atoms with Gasteiger partial charge in [-0.25, -0.2) is 0 Å². The van der Waals surface area contributed by atoms with Gasteiger partial charge < -0.3 is 9.47 Å². The third kappa shape index (κ3) is 2.43. The van der Waals surface area contributed by atoms with Gasteiger partial charge in [0.1, 0.15) is 11.5 Å². The fourth-order valence-electron chi connectivity index (χ4n) is 4.85. The summed E-state index contributed by atoms with van der Waals surface area (Å²) in [6, 6.07) is 4.12. The monoisotopic (exact) mass is 376 g/mol. The average Bonchev–Trinajstić information content (AvgIpc) is 2.96. The molecular formula is C22H29ClO3. The van der Waals surface area contributed by atoms with Gasteiger partial charge in [-0.1, -0.05) is 40.7 Å². The number of benzene rings is 1. The average molecular weight is 377 g/mol. The lowest BCUT2D eigenvalue weighted by atomic mass is 9.65. The summed E-state index contributed by atoms with van der Waals surface area (Å²) in [6.07, 6.45) is 3.98. The molecule has 0 spiro atoms. The molecule has 4 heteroatoms. The standard InChI is InChI=1S/C22H29ClO3/c1-20(2,3)14-11-16(25-6)18(17(12-14)26-7)15-10-13-8-9-22(15,19(23)24)21(13,4)5/h10-13H,8-9H2,1-7H3/t13-,22+/m1/s1. The number of ether oxygens (including phenoxy) is 2. The third-order valence-electron chi connectivity index (χ3n) is 6.66. The van der Waals surface area contributed by atoms with Crippen molar-refractivity contribution in [1.82, 2.24) is 0 Å². The number of rotatable bonds is 4. The second-order valence-corrected chi connectivity index (χ2v) is 9.48. The molecule has 2 bridgehead atoms. The Morgan fingerprint density at radius 1 is 1.15 bits per heavy atom. The quantitative estimate of drug-likeness (QED) is 0.643. The van der Waals surface area contributed by atoms with Gasteiger partial charge in [-0.3, -0.25) is 4.79 Å². The molecule has 26 heavy (non-hydrogen) atoms. The molecule has 2 aliphatic carbocycles. The van der Waals surface area contributed by atoms with Gasteiger partial charge in [-0.15, -0.1) is 0 Å². The van der Waals surface area contributed by atoms with Crippen LogP contribution >= 0.6 is 11.6 Å². The van der Waals surface area contributed by atoms with Crippen LogP contribution in [0.5, 0.6) is 11.5 Å². The molecule has 0 heterocycles. The Morgan fingerprint density at radius 3 is 2.08 bits per heavy atom. The van der Waals surface area contributed by atoms with Crippen LogP contribution in [-0.2, 0) is 10.2 Å². The Hall–Kier alpha value is -1.48. The summed E-state index contributed by atoms with van der Waals surface area (Å²) < 4.78 is 11.5. The Morgan fingerprint density at radius 2 is 1.69 bits per heavy atom. The van der Waals surface area contributed by atoms with Crippen molar-refractivity contribution >= 4 is 22.4 Å². The minimum absolute atomic E-state index is 0.0403. The van der Waals surface area contributed by atoms with Crippen molar-refractivity contribution in [3.8, 4) is 11.5 Å². The Balaban J connectivity index is 2.28. The van der Waals surface area contributed by atoms with E-state index < -0.39 is 5.41 Å². The lowest BCUT2D eigenvalue weighted by Gasteiger charge is -2.38. The van der Waals surface area contributed by atoms with E-state index in [4.69, 9.17) is 21.1 Å². The van der Waals surface area contributed by atoms with Crippen molar-refractivity contribution in [2.24, 2.45) is 16.7 Å². The molecule has 0 N–H and O–H groups in total. The topological polar surface area (TPSA) is 35.5 Å². The molecule has 1 aromatic rings. The van der Waals surface area contributed by atoms with E-state index in [2.05, 4.69) is 52.8 Å². The van der Waals surface area contributed by atoms with Crippen LogP contribution in [-0.4, -0.2) is 19.5 Å². The molecule has 3 nitrogen and oxygen atoms in total. The minimum Gasteiger partial charge on any atom is -0.496 e. The molecule has 0 aromatic heterocycles. The highest BCUT2D eigenvalue weighted by molar-refractivity contribution is 6.66. The zero-order valence-corrected chi connectivity index (χ0v) is 17.6. The number of fused-ring (bicyclic) bond motifs is 2. The number of hydrogen-bond donors (Lipinski definition) is 0.